The molecule has 0 amide bonds. The summed E-state index contributed by atoms with van der Waals surface area (Å²) in [6.07, 6.45) is 5.55. The Kier molecular flexibility index (Phi) is 11.8. The molecule has 0 aliphatic rings. The lowest BCUT2D eigenvalue weighted by atomic mass is 10.1. The molecule has 0 aromatic rings. The minimum Gasteiger partial charge on any atom is -0.412 e. The Morgan fingerprint density at radius 2 is 0.812 bits per heavy atom. The predicted molar refractivity (Wildman–Crippen MR) is 72.9 cm³/mol. The third-order valence-corrected chi connectivity index (χ3v) is 2.41. The average molecular weight is 237 g/mol. The molecule has 0 aromatic heterocycles. The van der Waals surface area contributed by atoms with Gasteiger partial charge in [0.05, 0.1) is 55.4 Å². The fraction of sp³-hybridized carbons (Fsp3) is 1.00. The zero-order chi connectivity index (χ0) is 11.2. The van der Waals surface area contributed by atoms with E-state index >= 15 is 0 Å². The zero-order valence-electron chi connectivity index (χ0n) is 12.3. The fourth-order valence-corrected chi connectivity index (χ4v) is 1.53. The van der Waals surface area contributed by atoms with Crippen molar-refractivity contribution in [3.05, 3.63) is 0 Å². The molecule has 0 aromatic carbocycles. The van der Waals surface area contributed by atoms with Gasteiger partial charge >= 0.3 is 0 Å². The van der Waals surface area contributed by atoms with Crippen LogP contribution in [0.2, 0.25) is 0 Å². The van der Waals surface area contributed by atoms with Crippen LogP contribution in [0, 0.1) is 0 Å². The van der Waals surface area contributed by atoms with Crippen molar-refractivity contribution in [3.8, 4) is 0 Å². The maximum atomic E-state index is 2.27. The van der Waals surface area contributed by atoms with E-state index in [0.29, 0.717) is 0 Å². The van der Waals surface area contributed by atoms with Gasteiger partial charge in [-0.05, 0) is 25.7 Å². The molecule has 5 N–H and O–H groups in total. The predicted octanol–water partition coefficient (Wildman–Crippen LogP) is 1.30. The van der Waals surface area contributed by atoms with Gasteiger partial charge in [-0.25, -0.2) is 0 Å². The van der Waals surface area contributed by atoms with Crippen molar-refractivity contribution >= 4 is 0 Å². The van der Waals surface area contributed by atoms with Crippen LogP contribution < -0.4 is 6.15 Å². The molecule has 0 rings (SSSR count). The van der Waals surface area contributed by atoms with Crippen LogP contribution in [0.25, 0.3) is 0 Å². The molecule has 102 valence electrons. The first-order valence-corrected chi connectivity index (χ1v) is 5.82. The summed E-state index contributed by atoms with van der Waals surface area (Å²) >= 11 is 0. The minimum atomic E-state index is 0. The molecule has 0 aliphatic carbocycles. The van der Waals surface area contributed by atoms with Gasteiger partial charge in [-0.3, -0.25) is 0 Å². The summed E-state index contributed by atoms with van der Waals surface area (Å²) in [5.74, 6) is 0. The van der Waals surface area contributed by atoms with Crippen LogP contribution in [0.5, 0.6) is 0 Å². The molecule has 0 heterocycles. The maximum absolute atomic E-state index is 2.27. The highest BCUT2D eigenvalue weighted by Crippen LogP contribution is 2.05. The Bertz CT molecular complexity index is 129. The molecule has 0 spiro atoms. The lowest BCUT2D eigenvalue weighted by molar-refractivity contribution is -0.871. The van der Waals surface area contributed by atoms with Gasteiger partial charge in [0.15, 0.2) is 0 Å². The summed E-state index contributed by atoms with van der Waals surface area (Å²) in [6, 6.07) is 0. The Morgan fingerprint density at radius 3 is 1.00 bits per heavy atom. The summed E-state index contributed by atoms with van der Waals surface area (Å²) in [4.78, 5) is 0. The molecule has 0 atom stereocenters. The summed E-state index contributed by atoms with van der Waals surface area (Å²) in [5, 5.41) is 0. The smallest absolute Gasteiger partial charge is 0.0780 e. The Morgan fingerprint density at radius 1 is 0.562 bits per heavy atom. The standard InChI is InChI=1S/C12H30N2.H3N.H2O/c1-13(2,3)11-9-7-8-10-12-14(4,5)6;;/h7-12H2,1-6H3;1H3;1H2/q+2;;. The van der Waals surface area contributed by atoms with E-state index in [1.54, 1.807) is 0 Å². The van der Waals surface area contributed by atoms with Crippen molar-refractivity contribution < 1.29 is 14.4 Å². The molecule has 4 heteroatoms. The van der Waals surface area contributed by atoms with Crippen LogP contribution in [0.1, 0.15) is 25.7 Å². The van der Waals surface area contributed by atoms with Gasteiger partial charge in [-0.1, -0.05) is 0 Å². The van der Waals surface area contributed by atoms with Gasteiger partial charge in [-0.2, -0.15) is 0 Å². The van der Waals surface area contributed by atoms with E-state index in [-0.39, 0.29) is 11.6 Å². The third kappa shape index (κ3) is 19.4. The van der Waals surface area contributed by atoms with Crippen LogP contribution in [0.3, 0.4) is 0 Å². The molecule has 0 radical (unpaired) electrons. The van der Waals surface area contributed by atoms with E-state index in [4.69, 9.17) is 0 Å². The first-order valence-electron chi connectivity index (χ1n) is 5.82. The van der Waals surface area contributed by atoms with E-state index in [0.717, 1.165) is 8.97 Å². The minimum absolute atomic E-state index is 0. The fourth-order valence-electron chi connectivity index (χ4n) is 1.53. The van der Waals surface area contributed by atoms with Gasteiger partial charge in [0.1, 0.15) is 0 Å². The SMILES string of the molecule is C[N+](C)(C)CCCCCC[N+](C)(C)C.N.O. The van der Waals surface area contributed by atoms with Crippen molar-refractivity contribution in [1.29, 1.82) is 0 Å². The molecule has 0 saturated heterocycles. The van der Waals surface area contributed by atoms with Gasteiger partial charge in [0.25, 0.3) is 0 Å². The van der Waals surface area contributed by atoms with Crippen LogP contribution in [-0.2, 0) is 0 Å². The topological polar surface area (TPSA) is 66.5 Å². The third-order valence-electron chi connectivity index (χ3n) is 2.41. The van der Waals surface area contributed by atoms with E-state index in [1.165, 1.54) is 38.8 Å². The Labute approximate surface area is 102 Å². The number of unbranched alkanes of at least 4 members (excludes halogenated alkanes) is 3. The molecule has 16 heavy (non-hydrogen) atoms. The highest BCUT2D eigenvalue weighted by atomic mass is 16.0. The average Bonchev–Trinajstić information content (AvgIpc) is 1.92. The Hall–Kier alpha value is -0.160. The van der Waals surface area contributed by atoms with Gasteiger partial charge in [0.2, 0.25) is 0 Å². The lowest BCUT2D eigenvalue weighted by Crippen LogP contribution is -2.35. The summed E-state index contributed by atoms with van der Waals surface area (Å²) in [6.45, 7) is 2.62. The zero-order valence-corrected chi connectivity index (χ0v) is 12.3. The number of hydrogen-bond donors (Lipinski definition) is 1. The van der Waals surface area contributed by atoms with Crippen molar-refractivity contribution in [3.63, 3.8) is 0 Å². The van der Waals surface area contributed by atoms with Crippen molar-refractivity contribution in [1.82, 2.24) is 6.15 Å². The van der Waals surface area contributed by atoms with Crippen LogP contribution in [-0.4, -0.2) is 69.8 Å². The van der Waals surface area contributed by atoms with Crippen molar-refractivity contribution in [2.45, 2.75) is 25.7 Å². The molecular weight excluding hydrogens is 202 g/mol. The van der Waals surface area contributed by atoms with E-state index < -0.39 is 0 Å². The van der Waals surface area contributed by atoms with Crippen LogP contribution >= 0.6 is 0 Å². The second kappa shape index (κ2) is 8.93. The normalized spacial score (nSPS) is 11.6. The molecule has 0 saturated carbocycles. The second-order valence-electron chi connectivity index (χ2n) is 6.44. The largest absolute Gasteiger partial charge is 0.412 e. The van der Waals surface area contributed by atoms with E-state index in [2.05, 4.69) is 42.3 Å². The molecule has 0 fully saturated rings. The number of nitrogens with zero attached hydrogens (tertiary/aromatic N) is 2. The second-order valence-corrected chi connectivity index (χ2v) is 6.44. The summed E-state index contributed by atoms with van der Waals surface area (Å²) in [7, 11) is 13.6. The maximum Gasteiger partial charge on any atom is 0.0780 e. The lowest BCUT2D eigenvalue weighted by Gasteiger charge is -2.25. The van der Waals surface area contributed by atoms with Crippen molar-refractivity contribution in [2.75, 3.05) is 55.4 Å². The van der Waals surface area contributed by atoms with E-state index in [9.17, 15) is 0 Å². The number of hydrogen-bond acceptors (Lipinski definition) is 1. The molecular formula is C12H35N3O+2. The van der Waals surface area contributed by atoms with Crippen LogP contribution in [0.4, 0.5) is 0 Å². The molecule has 0 bridgehead atoms. The molecule has 0 aliphatic heterocycles. The first-order chi connectivity index (χ1) is 6.21. The van der Waals surface area contributed by atoms with Gasteiger partial charge in [-0.15, -0.1) is 0 Å². The summed E-state index contributed by atoms with van der Waals surface area (Å²) in [5.41, 5.74) is 0. The van der Waals surface area contributed by atoms with Gasteiger partial charge in [0, 0.05) is 0 Å². The number of rotatable bonds is 7. The monoisotopic (exact) mass is 237 g/mol. The first kappa shape index (κ1) is 21.2. The quantitative estimate of drug-likeness (QED) is 0.526. The highest BCUT2D eigenvalue weighted by Gasteiger charge is 2.07. The van der Waals surface area contributed by atoms with Gasteiger partial charge < -0.3 is 20.6 Å². The number of quaternary nitrogens is 2. The van der Waals surface area contributed by atoms with Crippen molar-refractivity contribution in [2.24, 2.45) is 0 Å². The van der Waals surface area contributed by atoms with Crippen LogP contribution in [0.15, 0.2) is 0 Å². The van der Waals surface area contributed by atoms with E-state index in [1.807, 2.05) is 0 Å². The Balaban J connectivity index is -0.000000845. The molecule has 0 unspecified atom stereocenters. The summed E-state index contributed by atoms with van der Waals surface area (Å²) < 4.78 is 2.21. The highest BCUT2D eigenvalue weighted by molar-refractivity contribution is 4.42. The molecule has 4 nitrogen and oxygen atoms in total.